The lowest BCUT2D eigenvalue weighted by atomic mass is 10.00. The highest BCUT2D eigenvalue weighted by atomic mass is 16.6. The zero-order valence-corrected chi connectivity index (χ0v) is 26.0. The Morgan fingerprint density at radius 3 is 2.66 bits per heavy atom. The van der Waals surface area contributed by atoms with Crippen LogP contribution < -0.4 is 15.0 Å². The van der Waals surface area contributed by atoms with Crippen LogP contribution in [0.5, 0.6) is 5.75 Å². The molecule has 0 saturated carbocycles. The van der Waals surface area contributed by atoms with E-state index in [0.29, 0.717) is 29.6 Å². The number of aryl methyl sites for hydroxylation is 4. The molecule has 12 nitrogen and oxygen atoms in total. The van der Waals surface area contributed by atoms with Gasteiger partial charge in [0.2, 0.25) is 5.95 Å². The molecule has 0 atom stereocenters. The lowest BCUT2D eigenvalue weighted by Crippen LogP contribution is -2.28. The molecule has 0 radical (unpaired) electrons. The van der Waals surface area contributed by atoms with Crippen LogP contribution in [-0.4, -0.2) is 75.5 Å². The smallest absolute Gasteiger partial charge is 0.294 e. The average Bonchev–Trinajstić information content (AvgIpc) is 3.55. The van der Waals surface area contributed by atoms with E-state index in [1.54, 1.807) is 19.4 Å². The van der Waals surface area contributed by atoms with Crippen LogP contribution in [0.15, 0.2) is 48.8 Å². The largest absolute Gasteiger partial charge is 0.494 e. The summed E-state index contributed by atoms with van der Waals surface area (Å²) in [7, 11) is 9.23. The molecule has 0 spiro atoms. The summed E-state index contributed by atoms with van der Waals surface area (Å²) < 4.78 is 9.85. The number of benzene rings is 2. The Morgan fingerprint density at radius 2 is 1.95 bits per heavy atom. The Hall–Kier alpha value is -4.97. The van der Waals surface area contributed by atoms with Gasteiger partial charge in [0, 0.05) is 74.8 Å². The molecule has 0 fully saturated rings. The van der Waals surface area contributed by atoms with E-state index in [9.17, 15) is 10.1 Å². The molecule has 12 heteroatoms. The van der Waals surface area contributed by atoms with E-state index >= 15 is 0 Å². The topological polar surface area (TPSA) is 119 Å². The number of rotatable bonds is 10. The zero-order chi connectivity index (χ0) is 31.1. The maximum atomic E-state index is 12.2. The van der Waals surface area contributed by atoms with E-state index in [1.807, 2.05) is 55.7 Å². The van der Waals surface area contributed by atoms with Crippen LogP contribution in [-0.2, 0) is 20.0 Å². The number of nitro benzene ring substituents is 1. The van der Waals surface area contributed by atoms with Gasteiger partial charge in [0.15, 0.2) is 0 Å². The first-order valence-corrected chi connectivity index (χ1v) is 14.6. The molecule has 0 bridgehead atoms. The van der Waals surface area contributed by atoms with Crippen molar-refractivity contribution in [3.05, 3.63) is 70.2 Å². The molecule has 4 heterocycles. The van der Waals surface area contributed by atoms with Gasteiger partial charge in [-0.2, -0.15) is 5.10 Å². The summed E-state index contributed by atoms with van der Waals surface area (Å²) in [4.78, 5) is 25.4. The fraction of sp³-hybridized carbons (Fsp3) is 0.344. The fourth-order valence-electron chi connectivity index (χ4n) is 6.01. The number of hydrogen-bond acceptors (Lipinski definition) is 9. The quantitative estimate of drug-likeness (QED) is 0.167. The molecule has 0 saturated heterocycles. The van der Waals surface area contributed by atoms with Gasteiger partial charge in [0.1, 0.15) is 11.4 Å². The first-order chi connectivity index (χ1) is 21.1. The minimum atomic E-state index is -0.375. The number of nitro groups is 1. The second-order valence-corrected chi connectivity index (χ2v) is 11.6. The second kappa shape index (κ2) is 11.6. The van der Waals surface area contributed by atoms with Crippen molar-refractivity contribution in [3.8, 4) is 28.3 Å². The van der Waals surface area contributed by atoms with Crippen molar-refractivity contribution in [2.75, 3.05) is 51.6 Å². The Labute approximate surface area is 256 Å². The number of ether oxygens (including phenoxy) is 1. The number of likely N-dealkylation sites (N-methyl/N-ethyl adjacent to an activating group) is 2. The van der Waals surface area contributed by atoms with Gasteiger partial charge in [-0.3, -0.25) is 14.8 Å². The monoisotopic (exact) mass is 595 g/mol. The highest BCUT2D eigenvalue weighted by Gasteiger charge is 2.25. The van der Waals surface area contributed by atoms with Gasteiger partial charge in [-0.1, -0.05) is 18.2 Å². The standard InChI is InChI=1S/C32H37N9O3/c1-20-15-26(39(5)36-20)23-18-33-32(35-30(23)24-19-40-12-8-10-21-9-7-11-22(24)31(21)40)34-25-16-28(41(42)43)27(17-29(25)44-6)38(4)14-13-37(2)3/h7,9,11,15-19H,8,10,12-14H2,1-6H3,(H,33,34,35). The first-order valence-electron chi connectivity index (χ1n) is 14.6. The molecule has 0 aliphatic carbocycles. The van der Waals surface area contributed by atoms with Gasteiger partial charge < -0.3 is 24.4 Å². The molecule has 5 aromatic rings. The highest BCUT2D eigenvalue weighted by molar-refractivity contribution is 6.00. The SMILES string of the molecule is COc1cc(N(C)CCN(C)C)c([N+](=O)[O-])cc1Nc1ncc(-c2cc(C)nn2C)c(-c2cn3c4c(cccc24)CCC3)n1. The van der Waals surface area contributed by atoms with E-state index < -0.39 is 0 Å². The van der Waals surface area contributed by atoms with Crippen molar-refractivity contribution < 1.29 is 9.66 Å². The Bertz CT molecular complexity index is 1870. The molecule has 2 aromatic carbocycles. The molecular weight excluding hydrogens is 558 g/mol. The van der Waals surface area contributed by atoms with E-state index in [2.05, 4.69) is 44.4 Å². The van der Waals surface area contributed by atoms with E-state index in [4.69, 9.17) is 9.72 Å². The fourth-order valence-corrected chi connectivity index (χ4v) is 6.01. The number of aromatic nitrogens is 5. The van der Waals surface area contributed by atoms with Crippen LogP contribution in [0.25, 0.3) is 33.4 Å². The Balaban J connectivity index is 1.47. The molecule has 44 heavy (non-hydrogen) atoms. The average molecular weight is 596 g/mol. The van der Waals surface area contributed by atoms with Crippen LogP contribution >= 0.6 is 0 Å². The number of hydrogen-bond donors (Lipinski definition) is 1. The lowest BCUT2D eigenvalue weighted by Gasteiger charge is -2.22. The van der Waals surface area contributed by atoms with Crippen LogP contribution in [0.3, 0.4) is 0 Å². The molecule has 6 rings (SSSR count). The number of anilines is 3. The second-order valence-electron chi connectivity index (χ2n) is 11.6. The van der Waals surface area contributed by atoms with Crippen molar-refractivity contribution in [2.24, 2.45) is 7.05 Å². The third kappa shape index (κ3) is 5.32. The third-order valence-electron chi connectivity index (χ3n) is 8.18. The molecule has 0 amide bonds. The summed E-state index contributed by atoms with van der Waals surface area (Å²) in [6.07, 6.45) is 6.10. The van der Waals surface area contributed by atoms with Gasteiger partial charge >= 0.3 is 0 Å². The summed E-state index contributed by atoms with van der Waals surface area (Å²) in [5, 5.41) is 21.1. The van der Waals surface area contributed by atoms with Crippen molar-refractivity contribution in [2.45, 2.75) is 26.3 Å². The van der Waals surface area contributed by atoms with Gasteiger partial charge in [-0.05, 0) is 45.5 Å². The highest BCUT2D eigenvalue weighted by Crippen LogP contribution is 2.41. The Kier molecular flexibility index (Phi) is 7.68. The van der Waals surface area contributed by atoms with Crippen molar-refractivity contribution in [1.29, 1.82) is 0 Å². The summed E-state index contributed by atoms with van der Waals surface area (Å²) in [6, 6.07) is 11.6. The minimum Gasteiger partial charge on any atom is -0.494 e. The maximum absolute atomic E-state index is 12.2. The van der Waals surface area contributed by atoms with Gasteiger partial charge in [0.05, 0.1) is 40.3 Å². The van der Waals surface area contributed by atoms with Crippen molar-refractivity contribution >= 4 is 33.9 Å². The van der Waals surface area contributed by atoms with Crippen molar-refractivity contribution in [1.82, 2.24) is 29.2 Å². The third-order valence-corrected chi connectivity index (χ3v) is 8.18. The number of methoxy groups -OCH3 is 1. The summed E-state index contributed by atoms with van der Waals surface area (Å²) >= 11 is 0. The molecular formula is C32H37N9O3. The van der Waals surface area contributed by atoms with Crippen LogP contribution in [0.2, 0.25) is 0 Å². The molecule has 3 aromatic heterocycles. The predicted molar refractivity (Wildman–Crippen MR) is 173 cm³/mol. The van der Waals surface area contributed by atoms with Gasteiger partial charge in [0.25, 0.3) is 5.69 Å². The molecule has 1 aliphatic rings. The first kappa shape index (κ1) is 29.1. The summed E-state index contributed by atoms with van der Waals surface area (Å²) in [5.74, 6) is 0.752. The molecule has 1 aliphatic heterocycles. The van der Waals surface area contributed by atoms with Crippen LogP contribution in [0.1, 0.15) is 17.7 Å². The predicted octanol–water partition coefficient (Wildman–Crippen LogP) is 5.41. The number of nitrogens with one attached hydrogen (secondary N) is 1. The zero-order valence-electron chi connectivity index (χ0n) is 26.0. The van der Waals surface area contributed by atoms with Gasteiger partial charge in [-0.25, -0.2) is 9.97 Å². The molecule has 1 N–H and O–H groups in total. The van der Waals surface area contributed by atoms with Gasteiger partial charge in [-0.15, -0.1) is 0 Å². The van der Waals surface area contributed by atoms with Crippen molar-refractivity contribution in [3.63, 3.8) is 0 Å². The van der Waals surface area contributed by atoms with E-state index in [1.165, 1.54) is 17.1 Å². The summed E-state index contributed by atoms with van der Waals surface area (Å²) in [6.45, 7) is 4.26. The normalized spacial score (nSPS) is 12.6. The number of nitrogens with zero attached hydrogens (tertiary/aromatic N) is 8. The summed E-state index contributed by atoms with van der Waals surface area (Å²) in [5.41, 5.74) is 7.79. The van der Waals surface area contributed by atoms with Crippen LogP contribution in [0, 0.1) is 17.0 Å². The number of para-hydroxylation sites is 1. The maximum Gasteiger partial charge on any atom is 0.294 e. The Morgan fingerprint density at radius 1 is 1.14 bits per heavy atom. The lowest BCUT2D eigenvalue weighted by molar-refractivity contribution is -0.384. The minimum absolute atomic E-state index is 0.0363. The molecule has 228 valence electrons. The van der Waals surface area contributed by atoms with E-state index in [-0.39, 0.29) is 10.6 Å². The van der Waals surface area contributed by atoms with E-state index in [0.717, 1.165) is 59.5 Å². The van der Waals surface area contributed by atoms with Crippen LogP contribution in [0.4, 0.5) is 23.0 Å². The molecule has 0 unspecified atom stereocenters.